The first-order valence-electron chi connectivity index (χ1n) is 7.43. The number of likely N-dealkylation sites (tertiary alicyclic amines) is 1. The van der Waals surface area contributed by atoms with Crippen LogP contribution in [0.2, 0.25) is 0 Å². The molecule has 0 radical (unpaired) electrons. The molecule has 0 N–H and O–H groups in total. The van der Waals surface area contributed by atoms with Gasteiger partial charge in [0, 0.05) is 18.5 Å². The summed E-state index contributed by atoms with van der Waals surface area (Å²) in [4.78, 5) is 14.7. The van der Waals surface area contributed by atoms with E-state index in [0.717, 1.165) is 25.9 Å². The van der Waals surface area contributed by atoms with Gasteiger partial charge in [0.25, 0.3) is 0 Å². The fourth-order valence-corrected chi connectivity index (χ4v) is 2.77. The molecule has 1 heterocycles. The lowest BCUT2D eigenvalue weighted by molar-refractivity contribution is -0.141. The number of rotatable bonds is 7. The molecule has 1 aliphatic rings. The predicted molar refractivity (Wildman–Crippen MR) is 73.0 cm³/mol. The molecule has 100 valence electrons. The van der Waals surface area contributed by atoms with E-state index < -0.39 is 0 Å². The highest BCUT2D eigenvalue weighted by Crippen LogP contribution is 2.33. The molecule has 0 aliphatic carbocycles. The number of carbonyl (C=O) groups excluding carboxylic acids is 1. The predicted octanol–water partition coefficient (Wildman–Crippen LogP) is 4.00. The maximum atomic E-state index is 12.6. The van der Waals surface area contributed by atoms with Gasteiger partial charge in [-0.25, -0.2) is 0 Å². The first-order chi connectivity index (χ1) is 8.14. The molecule has 1 rings (SSSR count). The molecular formula is C15H29NO. The normalized spacial score (nSPS) is 16.5. The summed E-state index contributed by atoms with van der Waals surface area (Å²) in [5, 5.41) is 0. The van der Waals surface area contributed by atoms with Crippen LogP contribution in [0.1, 0.15) is 72.1 Å². The third kappa shape index (κ3) is 4.01. The quantitative estimate of drug-likeness (QED) is 0.657. The number of hydrogen-bond acceptors (Lipinski definition) is 1. The Balaban J connectivity index is 2.61. The summed E-state index contributed by atoms with van der Waals surface area (Å²) in [7, 11) is 0. The smallest absolute Gasteiger partial charge is 0.228 e. The standard InChI is InChI=1S/C15H29NO/c1-4-6-10-15(3,11-7-5-2)14(17)16-12-8-9-13-16/h4-13H2,1-3H3. The van der Waals surface area contributed by atoms with Gasteiger partial charge in [-0.1, -0.05) is 46.5 Å². The van der Waals surface area contributed by atoms with Crippen molar-refractivity contribution in [2.75, 3.05) is 13.1 Å². The van der Waals surface area contributed by atoms with Gasteiger partial charge in [0.1, 0.15) is 0 Å². The molecule has 0 saturated carbocycles. The number of amides is 1. The Hall–Kier alpha value is -0.530. The van der Waals surface area contributed by atoms with Crippen LogP contribution in [-0.4, -0.2) is 23.9 Å². The van der Waals surface area contributed by atoms with E-state index >= 15 is 0 Å². The minimum atomic E-state index is -0.0869. The van der Waals surface area contributed by atoms with Crippen molar-refractivity contribution in [2.24, 2.45) is 5.41 Å². The van der Waals surface area contributed by atoms with Gasteiger partial charge < -0.3 is 4.90 Å². The van der Waals surface area contributed by atoms with Gasteiger partial charge in [-0.3, -0.25) is 4.79 Å². The minimum absolute atomic E-state index is 0.0869. The van der Waals surface area contributed by atoms with E-state index in [4.69, 9.17) is 0 Å². The van der Waals surface area contributed by atoms with Gasteiger partial charge >= 0.3 is 0 Å². The van der Waals surface area contributed by atoms with Gasteiger partial charge in [-0.05, 0) is 25.7 Å². The maximum absolute atomic E-state index is 12.6. The summed E-state index contributed by atoms with van der Waals surface area (Å²) in [5.41, 5.74) is -0.0869. The van der Waals surface area contributed by atoms with Crippen LogP contribution in [-0.2, 0) is 4.79 Å². The average Bonchev–Trinajstić information content (AvgIpc) is 2.86. The SMILES string of the molecule is CCCCC(C)(CCCC)C(=O)N1CCCC1. The van der Waals surface area contributed by atoms with Crippen LogP contribution in [0.4, 0.5) is 0 Å². The van der Waals surface area contributed by atoms with Gasteiger partial charge in [0.05, 0.1) is 0 Å². The van der Waals surface area contributed by atoms with E-state index in [9.17, 15) is 4.79 Å². The van der Waals surface area contributed by atoms with Crippen LogP contribution >= 0.6 is 0 Å². The lowest BCUT2D eigenvalue weighted by Gasteiger charge is -2.32. The van der Waals surface area contributed by atoms with E-state index in [1.54, 1.807) is 0 Å². The molecule has 0 unspecified atom stereocenters. The van der Waals surface area contributed by atoms with Gasteiger partial charge in [0.15, 0.2) is 0 Å². The lowest BCUT2D eigenvalue weighted by Crippen LogP contribution is -2.41. The van der Waals surface area contributed by atoms with Crippen LogP contribution < -0.4 is 0 Å². The van der Waals surface area contributed by atoms with Gasteiger partial charge in [-0.15, -0.1) is 0 Å². The third-order valence-electron chi connectivity index (χ3n) is 4.07. The highest BCUT2D eigenvalue weighted by molar-refractivity contribution is 5.82. The van der Waals surface area contributed by atoms with E-state index in [1.165, 1.54) is 38.5 Å². The number of nitrogens with zero attached hydrogens (tertiary/aromatic N) is 1. The van der Waals surface area contributed by atoms with E-state index in [1.807, 2.05) is 0 Å². The topological polar surface area (TPSA) is 20.3 Å². The molecule has 1 saturated heterocycles. The van der Waals surface area contributed by atoms with Crippen LogP contribution in [0.5, 0.6) is 0 Å². The first-order valence-corrected chi connectivity index (χ1v) is 7.43. The van der Waals surface area contributed by atoms with Crippen LogP contribution in [0.15, 0.2) is 0 Å². The van der Waals surface area contributed by atoms with Crippen LogP contribution in [0.25, 0.3) is 0 Å². The van der Waals surface area contributed by atoms with Crippen molar-refractivity contribution in [3.8, 4) is 0 Å². The molecule has 0 atom stereocenters. The Kier molecular flexibility index (Phi) is 6.01. The molecule has 17 heavy (non-hydrogen) atoms. The lowest BCUT2D eigenvalue weighted by atomic mass is 9.79. The largest absolute Gasteiger partial charge is 0.342 e. The highest BCUT2D eigenvalue weighted by atomic mass is 16.2. The molecule has 0 aromatic heterocycles. The Morgan fingerprint density at radius 1 is 1.06 bits per heavy atom. The molecule has 1 fully saturated rings. The third-order valence-corrected chi connectivity index (χ3v) is 4.07. The Morgan fingerprint density at radius 3 is 1.94 bits per heavy atom. The zero-order valence-corrected chi connectivity index (χ0v) is 11.9. The van der Waals surface area contributed by atoms with Crippen molar-refractivity contribution < 1.29 is 4.79 Å². The summed E-state index contributed by atoms with van der Waals surface area (Å²) in [5.74, 6) is 0.428. The Labute approximate surface area is 107 Å². The van der Waals surface area contributed by atoms with Crippen molar-refractivity contribution in [3.05, 3.63) is 0 Å². The van der Waals surface area contributed by atoms with Crippen molar-refractivity contribution in [1.29, 1.82) is 0 Å². The summed E-state index contributed by atoms with van der Waals surface area (Å²) >= 11 is 0. The van der Waals surface area contributed by atoms with E-state index in [0.29, 0.717) is 5.91 Å². The average molecular weight is 239 g/mol. The zero-order valence-electron chi connectivity index (χ0n) is 11.9. The van der Waals surface area contributed by atoms with Crippen LogP contribution in [0.3, 0.4) is 0 Å². The molecule has 0 spiro atoms. The zero-order chi connectivity index (χ0) is 12.7. The molecule has 0 aromatic rings. The monoisotopic (exact) mass is 239 g/mol. The molecule has 2 heteroatoms. The summed E-state index contributed by atoms with van der Waals surface area (Å²) in [6, 6.07) is 0. The minimum Gasteiger partial charge on any atom is -0.342 e. The van der Waals surface area contributed by atoms with Crippen LogP contribution in [0, 0.1) is 5.41 Å². The van der Waals surface area contributed by atoms with E-state index in [2.05, 4.69) is 25.7 Å². The van der Waals surface area contributed by atoms with E-state index in [-0.39, 0.29) is 5.41 Å². The van der Waals surface area contributed by atoms with Crippen molar-refractivity contribution in [1.82, 2.24) is 4.90 Å². The summed E-state index contributed by atoms with van der Waals surface area (Å²) < 4.78 is 0. The van der Waals surface area contributed by atoms with Crippen molar-refractivity contribution in [3.63, 3.8) is 0 Å². The number of hydrogen-bond donors (Lipinski definition) is 0. The molecule has 0 bridgehead atoms. The summed E-state index contributed by atoms with van der Waals surface area (Å²) in [6.45, 7) is 8.60. The van der Waals surface area contributed by atoms with Gasteiger partial charge in [0.2, 0.25) is 5.91 Å². The molecule has 2 nitrogen and oxygen atoms in total. The highest BCUT2D eigenvalue weighted by Gasteiger charge is 2.36. The second-order valence-electron chi connectivity index (χ2n) is 5.77. The fraction of sp³-hybridized carbons (Fsp3) is 0.933. The molecule has 1 amide bonds. The Bertz CT molecular complexity index is 223. The first kappa shape index (κ1) is 14.5. The molecular weight excluding hydrogens is 210 g/mol. The number of carbonyl (C=O) groups is 1. The summed E-state index contributed by atoms with van der Waals surface area (Å²) in [6.07, 6.45) is 9.27. The maximum Gasteiger partial charge on any atom is 0.228 e. The molecule has 0 aromatic carbocycles. The Morgan fingerprint density at radius 2 is 1.53 bits per heavy atom. The van der Waals surface area contributed by atoms with Crippen molar-refractivity contribution in [2.45, 2.75) is 72.1 Å². The fourth-order valence-electron chi connectivity index (χ4n) is 2.77. The second-order valence-corrected chi connectivity index (χ2v) is 5.77. The molecule has 1 aliphatic heterocycles. The van der Waals surface area contributed by atoms with Crippen molar-refractivity contribution >= 4 is 5.91 Å². The van der Waals surface area contributed by atoms with Gasteiger partial charge in [-0.2, -0.15) is 0 Å². The second kappa shape index (κ2) is 7.03. The number of unbranched alkanes of at least 4 members (excludes halogenated alkanes) is 2.